The highest BCUT2D eigenvalue weighted by Gasteiger charge is 2.28. The summed E-state index contributed by atoms with van der Waals surface area (Å²) in [5, 5.41) is 10.6. The smallest absolute Gasteiger partial charge is 0.290 e. The summed E-state index contributed by atoms with van der Waals surface area (Å²) in [6, 6.07) is 0.0167. The van der Waals surface area contributed by atoms with Crippen molar-refractivity contribution in [2.24, 2.45) is 7.05 Å². The van der Waals surface area contributed by atoms with Gasteiger partial charge in [-0.25, -0.2) is 4.79 Å². The minimum absolute atomic E-state index is 0.0167. The summed E-state index contributed by atoms with van der Waals surface area (Å²) < 4.78 is 2.04. The van der Waals surface area contributed by atoms with Gasteiger partial charge in [0.2, 0.25) is 0 Å². The van der Waals surface area contributed by atoms with Crippen LogP contribution in [0, 0.1) is 10.1 Å². The minimum atomic E-state index is -0.859. The van der Waals surface area contributed by atoms with E-state index in [-0.39, 0.29) is 6.04 Å². The van der Waals surface area contributed by atoms with Gasteiger partial charge >= 0.3 is 16.9 Å². The molecule has 2 rings (SSSR count). The summed E-state index contributed by atoms with van der Waals surface area (Å²) in [7, 11) is 1.25. The molecule has 1 aromatic heterocycles. The molecule has 7 heteroatoms. The third-order valence-electron chi connectivity index (χ3n) is 2.43. The molecule has 0 atom stereocenters. The predicted octanol–water partition coefficient (Wildman–Crippen LogP) is -0.210. The van der Waals surface area contributed by atoms with Gasteiger partial charge in [-0.1, -0.05) is 0 Å². The maximum absolute atomic E-state index is 11.5. The van der Waals surface area contributed by atoms with Crippen LogP contribution in [0.4, 0.5) is 5.69 Å². The summed E-state index contributed by atoms with van der Waals surface area (Å²) in [5.41, 5.74) is -1.90. The van der Waals surface area contributed by atoms with Crippen LogP contribution < -0.4 is 11.2 Å². The first-order valence-electron chi connectivity index (χ1n) is 4.49. The Labute approximate surface area is 83.7 Å². The van der Waals surface area contributed by atoms with Crippen molar-refractivity contribution in [3.8, 4) is 0 Å². The number of nitro groups is 1. The van der Waals surface area contributed by atoms with Crippen LogP contribution in [0.5, 0.6) is 0 Å². The second kappa shape index (κ2) is 3.04. The van der Waals surface area contributed by atoms with E-state index in [2.05, 4.69) is 0 Å². The van der Waals surface area contributed by atoms with Crippen LogP contribution in [0.15, 0.2) is 15.8 Å². The topological polar surface area (TPSA) is 87.1 Å². The van der Waals surface area contributed by atoms with Gasteiger partial charge in [0.25, 0.3) is 0 Å². The van der Waals surface area contributed by atoms with Crippen molar-refractivity contribution in [3.05, 3.63) is 37.1 Å². The van der Waals surface area contributed by atoms with E-state index in [1.807, 2.05) is 0 Å². The van der Waals surface area contributed by atoms with Crippen molar-refractivity contribution < 1.29 is 4.92 Å². The lowest BCUT2D eigenvalue weighted by Gasteiger charge is -2.04. The highest BCUT2D eigenvalue weighted by molar-refractivity contribution is 5.22. The SMILES string of the molecule is Cn1c(=O)c([N+](=O)[O-])cn(C2CC2)c1=O. The Bertz CT molecular complexity index is 538. The first-order valence-corrected chi connectivity index (χ1v) is 4.49. The number of aromatic nitrogens is 2. The Morgan fingerprint density at radius 1 is 1.47 bits per heavy atom. The molecule has 0 unspecified atom stereocenters. The maximum Gasteiger partial charge on any atom is 0.350 e. The molecule has 7 nitrogen and oxygen atoms in total. The number of hydrogen-bond acceptors (Lipinski definition) is 4. The van der Waals surface area contributed by atoms with Gasteiger partial charge in [-0.15, -0.1) is 0 Å². The second-order valence-electron chi connectivity index (χ2n) is 3.56. The third kappa shape index (κ3) is 1.45. The van der Waals surface area contributed by atoms with Crippen molar-refractivity contribution in [1.29, 1.82) is 0 Å². The van der Waals surface area contributed by atoms with Crippen LogP contribution in [0.25, 0.3) is 0 Å². The van der Waals surface area contributed by atoms with Gasteiger partial charge in [-0.05, 0) is 12.8 Å². The molecule has 1 aliphatic carbocycles. The van der Waals surface area contributed by atoms with E-state index < -0.39 is 21.9 Å². The summed E-state index contributed by atoms with van der Waals surface area (Å²) >= 11 is 0. The minimum Gasteiger partial charge on any atom is -0.290 e. The zero-order valence-electron chi connectivity index (χ0n) is 8.04. The zero-order valence-corrected chi connectivity index (χ0v) is 8.04. The molecule has 1 saturated carbocycles. The molecule has 0 saturated heterocycles. The van der Waals surface area contributed by atoms with Gasteiger partial charge in [0.1, 0.15) is 0 Å². The van der Waals surface area contributed by atoms with Crippen LogP contribution >= 0.6 is 0 Å². The molecule has 0 spiro atoms. The van der Waals surface area contributed by atoms with Crippen molar-refractivity contribution in [2.45, 2.75) is 18.9 Å². The third-order valence-corrected chi connectivity index (χ3v) is 2.43. The van der Waals surface area contributed by atoms with Crippen LogP contribution in [-0.2, 0) is 7.05 Å². The highest BCUT2D eigenvalue weighted by atomic mass is 16.6. The van der Waals surface area contributed by atoms with E-state index in [1.54, 1.807) is 0 Å². The largest absolute Gasteiger partial charge is 0.350 e. The van der Waals surface area contributed by atoms with Crippen molar-refractivity contribution >= 4 is 5.69 Å². The van der Waals surface area contributed by atoms with Gasteiger partial charge in [0, 0.05) is 13.1 Å². The predicted molar refractivity (Wildman–Crippen MR) is 50.9 cm³/mol. The standard InChI is InChI=1S/C8H9N3O4/c1-9-7(12)6(11(14)15)4-10(8(9)13)5-2-3-5/h4-5H,2-3H2,1H3. The normalized spacial score (nSPS) is 15.3. The average molecular weight is 211 g/mol. The fourth-order valence-corrected chi connectivity index (χ4v) is 1.41. The van der Waals surface area contributed by atoms with E-state index in [9.17, 15) is 19.7 Å². The van der Waals surface area contributed by atoms with Gasteiger partial charge in [0.15, 0.2) is 0 Å². The Kier molecular flexibility index (Phi) is 1.95. The molecule has 80 valence electrons. The van der Waals surface area contributed by atoms with E-state index in [0.29, 0.717) is 0 Å². The molecule has 0 bridgehead atoms. The lowest BCUT2D eigenvalue weighted by molar-refractivity contribution is -0.387. The Morgan fingerprint density at radius 3 is 2.53 bits per heavy atom. The van der Waals surface area contributed by atoms with E-state index >= 15 is 0 Å². The average Bonchev–Trinajstić information content (AvgIpc) is 2.97. The Balaban J connectivity index is 2.73. The van der Waals surface area contributed by atoms with Crippen LogP contribution in [0.1, 0.15) is 18.9 Å². The quantitative estimate of drug-likeness (QED) is 0.500. The van der Waals surface area contributed by atoms with E-state index in [0.717, 1.165) is 23.6 Å². The lowest BCUT2D eigenvalue weighted by atomic mass is 10.5. The Morgan fingerprint density at radius 2 is 2.07 bits per heavy atom. The number of nitrogens with zero attached hydrogens (tertiary/aromatic N) is 3. The zero-order chi connectivity index (χ0) is 11.2. The first-order chi connectivity index (χ1) is 7.02. The molecular weight excluding hydrogens is 202 g/mol. The molecule has 0 amide bonds. The van der Waals surface area contributed by atoms with Gasteiger partial charge in [-0.3, -0.25) is 24.0 Å². The van der Waals surface area contributed by atoms with Gasteiger partial charge in [-0.2, -0.15) is 0 Å². The summed E-state index contributed by atoms with van der Waals surface area (Å²) in [4.78, 5) is 32.7. The molecule has 15 heavy (non-hydrogen) atoms. The first kappa shape index (κ1) is 9.63. The fourth-order valence-electron chi connectivity index (χ4n) is 1.41. The van der Waals surface area contributed by atoms with Crippen molar-refractivity contribution in [3.63, 3.8) is 0 Å². The second-order valence-corrected chi connectivity index (χ2v) is 3.56. The van der Waals surface area contributed by atoms with Crippen LogP contribution in [-0.4, -0.2) is 14.1 Å². The monoisotopic (exact) mass is 211 g/mol. The molecular formula is C8H9N3O4. The molecule has 0 N–H and O–H groups in total. The number of rotatable bonds is 2. The number of hydrogen-bond donors (Lipinski definition) is 0. The molecule has 1 fully saturated rings. The lowest BCUT2D eigenvalue weighted by Crippen LogP contribution is -2.38. The molecule has 1 heterocycles. The molecule has 1 aliphatic rings. The highest BCUT2D eigenvalue weighted by Crippen LogP contribution is 2.33. The Hall–Kier alpha value is -1.92. The summed E-state index contributed by atoms with van der Waals surface area (Å²) in [6.45, 7) is 0. The van der Waals surface area contributed by atoms with Crippen molar-refractivity contribution in [2.75, 3.05) is 0 Å². The van der Waals surface area contributed by atoms with Crippen LogP contribution in [0.2, 0.25) is 0 Å². The molecule has 0 aromatic carbocycles. The molecule has 0 aliphatic heterocycles. The van der Waals surface area contributed by atoms with E-state index in [4.69, 9.17) is 0 Å². The summed E-state index contributed by atoms with van der Waals surface area (Å²) in [6.07, 6.45) is 2.70. The van der Waals surface area contributed by atoms with Gasteiger partial charge in [0.05, 0.1) is 11.1 Å². The molecule has 0 radical (unpaired) electrons. The van der Waals surface area contributed by atoms with Crippen LogP contribution in [0.3, 0.4) is 0 Å². The van der Waals surface area contributed by atoms with Crippen molar-refractivity contribution in [1.82, 2.24) is 9.13 Å². The maximum atomic E-state index is 11.5. The molecule has 1 aromatic rings. The van der Waals surface area contributed by atoms with Gasteiger partial charge < -0.3 is 0 Å². The fraction of sp³-hybridized carbons (Fsp3) is 0.500. The van der Waals surface area contributed by atoms with E-state index in [1.165, 1.54) is 11.6 Å². The summed E-state index contributed by atoms with van der Waals surface area (Å²) in [5.74, 6) is 0.